The van der Waals surface area contributed by atoms with Crippen molar-refractivity contribution >= 4 is 12.6 Å². The van der Waals surface area contributed by atoms with Crippen LogP contribution in [0.15, 0.2) is 18.2 Å². The van der Waals surface area contributed by atoms with Crippen LogP contribution in [0.2, 0.25) is 0 Å². The van der Waals surface area contributed by atoms with Crippen molar-refractivity contribution in [1.29, 1.82) is 0 Å². The fraction of sp³-hybridized carbons (Fsp3) is 0.273. The molecule has 0 aromatic heterocycles. The molecule has 74 valence electrons. The smallest absolute Gasteiger partial charge is 0.134 e. The van der Waals surface area contributed by atoms with E-state index in [0.29, 0.717) is 11.3 Å². The van der Waals surface area contributed by atoms with E-state index in [2.05, 4.69) is 24.5 Å². The molecule has 0 aliphatic carbocycles. The van der Waals surface area contributed by atoms with Gasteiger partial charge in [-0.2, -0.15) is 12.6 Å². The van der Waals surface area contributed by atoms with Crippen molar-refractivity contribution < 1.29 is 9.84 Å². The monoisotopic (exact) mass is 208 g/mol. The average Bonchev–Trinajstić information content (AvgIpc) is 2.19. The molecule has 0 amide bonds. The van der Waals surface area contributed by atoms with Crippen molar-refractivity contribution in [2.24, 2.45) is 0 Å². The molecule has 3 heteroatoms. The van der Waals surface area contributed by atoms with Crippen molar-refractivity contribution in [3.63, 3.8) is 0 Å². The number of phenols is 1. The maximum atomic E-state index is 9.25. The summed E-state index contributed by atoms with van der Waals surface area (Å²) in [5.74, 6) is 7.46. The van der Waals surface area contributed by atoms with E-state index in [-0.39, 0.29) is 5.75 Å². The number of aromatic hydroxyl groups is 1. The van der Waals surface area contributed by atoms with Gasteiger partial charge in [-0.25, -0.2) is 0 Å². The molecule has 1 rings (SSSR count). The number of benzene rings is 1. The Morgan fingerprint density at radius 1 is 1.50 bits per heavy atom. The molecule has 1 aromatic rings. The van der Waals surface area contributed by atoms with E-state index in [9.17, 15) is 5.11 Å². The summed E-state index contributed by atoms with van der Waals surface area (Å²) in [7, 11) is 1.58. The molecule has 0 saturated heterocycles. The lowest BCUT2D eigenvalue weighted by Crippen LogP contribution is -1.87. The largest absolute Gasteiger partial charge is 0.508 e. The molecule has 1 aromatic carbocycles. The van der Waals surface area contributed by atoms with Crippen LogP contribution in [0.1, 0.15) is 12.0 Å². The first-order valence-corrected chi connectivity index (χ1v) is 4.88. The van der Waals surface area contributed by atoms with Crippen LogP contribution in [0.25, 0.3) is 0 Å². The second-order valence-corrected chi connectivity index (χ2v) is 3.11. The van der Waals surface area contributed by atoms with Gasteiger partial charge in [0.25, 0.3) is 0 Å². The van der Waals surface area contributed by atoms with Gasteiger partial charge in [0, 0.05) is 12.2 Å². The Kier molecular flexibility index (Phi) is 4.21. The highest BCUT2D eigenvalue weighted by molar-refractivity contribution is 7.80. The Morgan fingerprint density at radius 2 is 2.29 bits per heavy atom. The molecule has 0 fully saturated rings. The Hall–Kier alpha value is -1.27. The summed E-state index contributed by atoms with van der Waals surface area (Å²) in [6.07, 6.45) is 0.724. The predicted molar refractivity (Wildman–Crippen MR) is 60.0 cm³/mol. The highest BCUT2D eigenvalue weighted by Gasteiger charge is 1.99. The van der Waals surface area contributed by atoms with Crippen LogP contribution in [-0.4, -0.2) is 18.0 Å². The van der Waals surface area contributed by atoms with Crippen LogP contribution >= 0.6 is 12.6 Å². The van der Waals surface area contributed by atoms with Crippen molar-refractivity contribution in [2.75, 3.05) is 12.9 Å². The fourth-order valence-corrected chi connectivity index (χ4v) is 1.12. The molecule has 0 heterocycles. The van der Waals surface area contributed by atoms with E-state index in [1.807, 2.05) is 0 Å². The van der Waals surface area contributed by atoms with Crippen molar-refractivity contribution in [3.8, 4) is 23.3 Å². The Morgan fingerprint density at radius 3 is 2.93 bits per heavy atom. The van der Waals surface area contributed by atoms with Gasteiger partial charge in [0.15, 0.2) is 0 Å². The number of thiol groups is 1. The quantitative estimate of drug-likeness (QED) is 0.575. The third-order valence-corrected chi connectivity index (χ3v) is 1.87. The Balaban J connectivity index is 2.94. The molecule has 2 nitrogen and oxygen atoms in total. The molecule has 0 atom stereocenters. The lowest BCUT2D eigenvalue weighted by molar-refractivity contribution is 0.411. The topological polar surface area (TPSA) is 29.5 Å². The van der Waals surface area contributed by atoms with Gasteiger partial charge in [0.05, 0.1) is 12.7 Å². The molecule has 0 aliphatic rings. The second-order valence-electron chi connectivity index (χ2n) is 2.66. The highest BCUT2D eigenvalue weighted by Crippen LogP contribution is 2.21. The van der Waals surface area contributed by atoms with Gasteiger partial charge in [-0.05, 0) is 18.2 Å². The minimum absolute atomic E-state index is 0.195. The first kappa shape index (κ1) is 10.8. The highest BCUT2D eigenvalue weighted by atomic mass is 32.1. The first-order chi connectivity index (χ1) is 6.77. The Bertz CT molecular complexity index is 363. The van der Waals surface area contributed by atoms with Crippen molar-refractivity contribution in [1.82, 2.24) is 0 Å². The molecule has 14 heavy (non-hydrogen) atoms. The summed E-state index contributed by atoms with van der Waals surface area (Å²) in [5.41, 5.74) is 0.703. The zero-order valence-corrected chi connectivity index (χ0v) is 8.84. The predicted octanol–water partition coefficient (Wildman–Crippen LogP) is 2.07. The molecular formula is C11H12O2S. The number of hydrogen-bond donors (Lipinski definition) is 2. The second kappa shape index (κ2) is 5.46. The van der Waals surface area contributed by atoms with E-state index in [0.717, 1.165) is 12.2 Å². The summed E-state index contributed by atoms with van der Waals surface area (Å²) in [6.45, 7) is 0. The summed E-state index contributed by atoms with van der Waals surface area (Å²) < 4.78 is 5.10. The van der Waals surface area contributed by atoms with E-state index in [1.165, 1.54) is 0 Å². The number of methoxy groups -OCH3 is 1. The third-order valence-electron chi connectivity index (χ3n) is 1.64. The molecule has 0 spiro atoms. The SMILES string of the molecule is COc1ccc(O)cc1C#CCCS. The average molecular weight is 208 g/mol. The summed E-state index contributed by atoms with van der Waals surface area (Å²) >= 11 is 4.05. The maximum Gasteiger partial charge on any atom is 0.134 e. The van der Waals surface area contributed by atoms with E-state index in [4.69, 9.17) is 4.74 Å². The fourth-order valence-electron chi connectivity index (χ4n) is 1.01. The third kappa shape index (κ3) is 2.90. The molecule has 0 aliphatic heterocycles. The van der Waals surface area contributed by atoms with Gasteiger partial charge in [-0.1, -0.05) is 11.8 Å². The van der Waals surface area contributed by atoms with Crippen LogP contribution in [0.4, 0.5) is 0 Å². The van der Waals surface area contributed by atoms with Crippen LogP contribution in [0, 0.1) is 11.8 Å². The van der Waals surface area contributed by atoms with E-state index in [1.54, 1.807) is 25.3 Å². The molecule has 0 bridgehead atoms. The first-order valence-electron chi connectivity index (χ1n) is 4.24. The minimum Gasteiger partial charge on any atom is -0.508 e. The zero-order valence-electron chi connectivity index (χ0n) is 7.95. The molecule has 0 radical (unpaired) electrons. The van der Waals surface area contributed by atoms with Crippen LogP contribution in [0.3, 0.4) is 0 Å². The molecular weight excluding hydrogens is 196 g/mol. The maximum absolute atomic E-state index is 9.25. The molecule has 1 N–H and O–H groups in total. The van der Waals surface area contributed by atoms with Gasteiger partial charge >= 0.3 is 0 Å². The van der Waals surface area contributed by atoms with Crippen molar-refractivity contribution in [2.45, 2.75) is 6.42 Å². The number of hydrogen-bond acceptors (Lipinski definition) is 3. The Labute approximate surface area is 89.3 Å². The molecule has 0 saturated carbocycles. The van der Waals surface area contributed by atoms with E-state index >= 15 is 0 Å². The van der Waals surface area contributed by atoms with Gasteiger partial charge in [0.1, 0.15) is 11.5 Å². The summed E-state index contributed by atoms with van der Waals surface area (Å²) in [4.78, 5) is 0. The van der Waals surface area contributed by atoms with Crippen LogP contribution in [-0.2, 0) is 0 Å². The van der Waals surface area contributed by atoms with Gasteiger partial charge in [-0.15, -0.1) is 0 Å². The van der Waals surface area contributed by atoms with E-state index < -0.39 is 0 Å². The van der Waals surface area contributed by atoms with Crippen molar-refractivity contribution in [3.05, 3.63) is 23.8 Å². The normalized spacial score (nSPS) is 9.00. The summed E-state index contributed by atoms with van der Waals surface area (Å²) in [6, 6.07) is 4.85. The number of ether oxygens (including phenoxy) is 1. The van der Waals surface area contributed by atoms with Gasteiger partial charge < -0.3 is 9.84 Å². The summed E-state index contributed by atoms with van der Waals surface area (Å²) in [5, 5.41) is 9.25. The van der Waals surface area contributed by atoms with Crippen LogP contribution < -0.4 is 4.74 Å². The lowest BCUT2D eigenvalue weighted by Gasteiger charge is -2.02. The van der Waals surface area contributed by atoms with Gasteiger partial charge in [0.2, 0.25) is 0 Å². The van der Waals surface area contributed by atoms with Crippen LogP contribution in [0.5, 0.6) is 11.5 Å². The number of rotatable bonds is 2. The zero-order chi connectivity index (χ0) is 10.4. The lowest BCUT2D eigenvalue weighted by atomic mass is 10.2. The molecule has 0 unspecified atom stereocenters. The standard InChI is InChI=1S/C11H12O2S/c1-13-11-6-5-10(12)8-9(11)4-2-3-7-14/h5-6,8,12,14H,3,7H2,1H3. The van der Waals surface area contributed by atoms with Gasteiger partial charge in [-0.3, -0.25) is 0 Å². The minimum atomic E-state index is 0.195. The number of phenolic OH excluding ortho intramolecular Hbond substituents is 1.